The molecule has 0 unspecified atom stereocenters. The van der Waals surface area contributed by atoms with Crippen molar-refractivity contribution in [3.05, 3.63) is 35.9 Å². The molecule has 3 atom stereocenters. The van der Waals surface area contributed by atoms with Gasteiger partial charge in [0.1, 0.15) is 0 Å². The van der Waals surface area contributed by atoms with Gasteiger partial charge in [0.15, 0.2) is 0 Å². The van der Waals surface area contributed by atoms with E-state index in [1.54, 1.807) is 0 Å². The summed E-state index contributed by atoms with van der Waals surface area (Å²) in [6.45, 7) is 4.11. The molecule has 0 bridgehead atoms. The number of methoxy groups -OCH3 is 1. The van der Waals surface area contributed by atoms with Crippen molar-refractivity contribution < 1.29 is 32.6 Å². The number of halogens is 3. The Balaban J connectivity index is 0.000000318. The number of hydrogen-bond donors (Lipinski definition) is 1. The predicted octanol–water partition coefficient (Wildman–Crippen LogP) is 2.89. The SMILES string of the molecule is CO[C@@H]1CCN(C(=O)c2ccccc2)[C@@H]2CN(CC3CC3)C[C@@H]21.O=C(O)C(F)(F)F. The lowest BCUT2D eigenvalue weighted by molar-refractivity contribution is -0.192. The highest BCUT2D eigenvalue weighted by Gasteiger charge is 2.46. The maximum absolute atomic E-state index is 12.9. The zero-order valence-electron chi connectivity index (χ0n) is 16.8. The largest absolute Gasteiger partial charge is 0.490 e. The number of carboxylic acids is 1. The van der Waals surface area contributed by atoms with Crippen molar-refractivity contribution >= 4 is 11.9 Å². The molecule has 3 aliphatic rings. The molecule has 1 aromatic rings. The summed E-state index contributed by atoms with van der Waals surface area (Å²) >= 11 is 0. The quantitative estimate of drug-likeness (QED) is 0.799. The second-order valence-corrected chi connectivity index (χ2v) is 8.12. The molecule has 30 heavy (non-hydrogen) atoms. The molecule has 4 rings (SSSR count). The number of rotatable bonds is 4. The van der Waals surface area contributed by atoms with Crippen LogP contribution in [-0.4, -0.2) is 78.4 Å². The lowest BCUT2D eigenvalue weighted by atomic mass is 9.88. The highest BCUT2D eigenvalue weighted by Crippen LogP contribution is 2.36. The fourth-order valence-electron chi connectivity index (χ4n) is 4.34. The Morgan fingerprint density at radius 2 is 1.77 bits per heavy atom. The van der Waals surface area contributed by atoms with E-state index in [9.17, 15) is 18.0 Å². The van der Waals surface area contributed by atoms with Crippen LogP contribution >= 0.6 is 0 Å². The van der Waals surface area contributed by atoms with Gasteiger partial charge in [-0.2, -0.15) is 13.2 Å². The monoisotopic (exact) mass is 428 g/mol. The van der Waals surface area contributed by atoms with Gasteiger partial charge in [0.05, 0.1) is 12.1 Å². The summed E-state index contributed by atoms with van der Waals surface area (Å²) in [5.41, 5.74) is 0.808. The van der Waals surface area contributed by atoms with E-state index in [0.29, 0.717) is 18.1 Å². The van der Waals surface area contributed by atoms with Gasteiger partial charge in [0.2, 0.25) is 0 Å². The van der Waals surface area contributed by atoms with Crippen molar-refractivity contribution in [2.45, 2.75) is 37.6 Å². The molecule has 1 amide bonds. The number of ether oxygens (including phenoxy) is 1. The van der Waals surface area contributed by atoms with Crippen LogP contribution in [0.15, 0.2) is 30.3 Å². The number of carbonyl (C=O) groups excluding carboxylic acids is 1. The number of fused-ring (bicyclic) bond motifs is 1. The van der Waals surface area contributed by atoms with E-state index in [1.165, 1.54) is 19.4 Å². The van der Waals surface area contributed by atoms with Gasteiger partial charge in [-0.3, -0.25) is 4.79 Å². The minimum atomic E-state index is -5.08. The molecule has 6 nitrogen and oxygen atoms in total. The van der Waals surface area contributed by atoms with E-state index in [1.807, 2.05) is 37.4 Å². The van der Waals surface area contributed by atoms with Crippen LogP contribution in [0.5, 0.6) is 0 Å². The average molecular weight is 428 g/mol. The van der Waals surface area contributed by atoms with Crippen LogP contribution in [0.1, 0.15) is 29.6 Å². The van der Waals surface area contributed by atoms with E-state index in [2.05, 4.69) is 9.80 Å². The van der Waals surface area contributed by atoms with Gasteiger partial charge in [-0.05, 0) is 37.3 Å². The lowest BCUT2D eigenvalue weighted by Crippen LogP contribution is -2.53. The molecule has 3 fully saturated rings. The van der Waals surface area contributed by atoms with Gasteiger partial charge in [-0.25, -0.2) is 4.79 Å². The number of nitrogens with zero attached hydrogens (tertiary/aromatic N) is 2. The minimum Gasteiger partial charge on any atom is -0.475 e. The third kappa shape index (κ3) is 5.51. The summed E-state index contributed by atoms with van der Waals surface area (Å²) in [7, 11) is 1.82. The first-order chi connectivity index (χ1) is 14.2. The Hall–Kier alpha value is -2.13. The fraction of sp³-hybridized carbons (Fsp3) is 0.619. The summed E-state index contributed by atoms with van der Waals surface area (Å²) in [5, 5.41) is 7.12. The minimum absolute atomic E-state index is 0.184. The predicted molar refractivity (Wildman–Crippen MR) is 103 cm³/mol. The Morgan fingerprint density at radius 3 is 2.30 bits per heavy atom. The second-order valence-electron chi connectivity index (χ2n) is 8.12. The molecule has 1 aromatic carbocycles. The van der Waals surface area contributed by atoms with Crippen LogP contribution in [0, 0.1) is 11.8 Å². The number of carbonyl (C=O) groups is 2. The standard InChI is InChI=1S/C19H26N2O2.C2HF3O2/c1-23-18-9-10-21(19(22)15-5-3-2-4-6-15)17-13-20(12-16(17)18)11-14-7-8-14;3-2(4,5)1(6)7/h2-6,14,16-18H,7-13H2,1H3;(H,6,7)/t16-,17+,18+;/m0./s1. The van der Waals surface area contributed by atoms with Crippen molar-refractivity contribution in [3.63, 3.8) is 0 Å². The van der Waals surface area contributed by atoms with Crippen molar-refractivity contribution in [2.75, 3.05) is 33.3 Å². The number of amides is 1. The molecule has 1 saturated carbocycles. The van der Waals surface area contributed by atoms with Gasteiger partial charge in [-0.15, -0.1) is 0 Å². The smallest absolute Gasteiger partial charge is 0.475 e. The molecule has 0 aromatic heterocycles. The first-order valence-corrected chi connectivity index (χ1v) is 10.1. The fourth-order valence-corrected chi connectivity index (χ4v) is 4.34. The zero-order chi connectivity index (χ0) is 21.9. The first-order valence-electron chi connectivity index (χ1n) is 10.1. The molecule has 1 N–H and O–H groups in total. The van der Waals surface area contributed by atoms with Crippen LogP contribution in [0.25, 0.3) is 0 Å². The Kier molecular flexibility index (Phi) is 7.02. The number of piperidine rings is 1. The van der Waals surface area contributed by atoms with Gasteiger partial charge in [0, 0.05) is 44.8 Å². The van der Waals surface area contributed by atoms with Gasteiger partial charge in [-0.1, -0.05) is 18.2 Å². The molecule has 166 valence electrons. The number of hydrogen-bond acceptors (Lipinski definition) is 4. The van der Waals surface area contributed by atoms with Crippen LogP contribution in [0.3, 0.4) is 0 Å². The Bertz CT molecular complexity index is 740. The number of benzene rings is 1. The van der Waals surface area contributed by atoms with Crippen LogP contribution in [0.2, 0.25) is 0 Å². The summed E-state index contributed by atoms with van der Waals surface area (Å²) in [5.74, 6) is -1.22. The van der Waals surface area contributed by atoms with Crippen molar-refractivity contribution in [2.24, 2.45) is 11.8 Å². The van der Waals surface area contributed by atoms with E-state index in [-0.39, 0.29) is 5.91 Å². The van der Waals surface area contributed by atoms with Gasteiger partial charge < -0.3 is 19.6 Å². The van der Waals surface area contributed by atoms with E-state index in [0.717, 1.165) is 37.5 Å². The van der Waals surface area contributed by atoms with Crippen LogP contribution < -0.4 is 0 Å². The molecule has 2 aliphatic heterocycles. The third-order valence-electron chi connectivity index (χ3n) is 5.98. The van der Waals surface area contributed by atoms with E-state index in [4.69, 9.17) is 14.6 Å². The molecule has 0 spiro atoms. The highest BCUT2D eigenvalue weighted by molar-refractivity contribution is 5.94. The second kappa shape index (κ2) is 9.34. The first kappa shape index (κ1) is 22.6. The molecular weight excluding hydrogens is 401 g/mol. The third-order valence-corrected chi connectivity index (χ3v) is 5.98. The van der Waals surface area contributed by atoms with Crippen LogP contribution in [-0.2, 0) is 9.53 Å². The summed E-state index contributed by atoms with van der Waals surface area (Å²) in [6.07, 6.45) is -1.07. The molecular formula is C21H27F3N2O4. The molecule has 0 radical (unpaired) electrons. The highest BCUT2D eigenvalue weighted by atomic mass is 19.4. The van der Waals surface area contributed by atoms with Gasteiger partial charge >= 0.3 is 12.1 Å². The maximum atomic E-state index is 12.9. The number of aliphatic carboxylic acids is 1. The zero-order valence-corrected chi connectivity index (χ0v) is 16.8. The lowest BCUT2D eigenvalue weighted by Gasteiger charge is -2.41. The molecule has 2 saturated heterocycles. The summed E-state index contributed by atoms with van der Waals surface area (Å²) in [4.78, 5) is 26.5. The van der Waals surface area contributed by atoms with Crippen molar-refractivity contribution in [1.29, 1.82) is 0 Å². The molecule has 9 heteroatoms. The Morgan fingerprint density at radius 1 is 1.13 bits per heavy atom. The maximum Gasteiger partial charge on any atom is 0.490 e. The van der Waals surface area contributed by atoms with Crippen LogP contribution in [0.4, 0.5) is 13.2 Å². The topological polar surface area (TPSA) is 70.1 Å². The molecule has 1 aliphatic carbocycles. The number of alkyl halides is 3. The van der Waals surface area contributed by atoms with Crippen molar-refractivity contribution in [1.82, 2.24) is 9.80 Å². The number of carboxylic acid groups (broad SMARTS) is 1. The number of likely N-dealkylation sites (tertiary alicyclic amines) is 2. The normalized spacial score (nSPS) is 26.5. The van der Waals surface area contributed by atoms with Crippen molar-refractivity contribution in [3.8, 4) is 0 Å². The van der Waals surface area contributed by atoms with E-state index >= 15 is 0 Å². The van der Waals surface area contributed by atoms with Gasteiger partial charge in [0.25, 0.3) is 5.91 Å². The summed E-state index contributed by atoms with van der Waals surface area (Å²) < 4.78 is 37.5. The average Bonchev–Trinajstić information content (AvgIpc) is 3.42. The Labute approximate surface area is 173 Å². The molecule has 2 heterocycles. The van der Waals surface area contributed by atoms with E-state index < -0.39 is 12.1 Å². The summed E-state index contributed by atoms with van der Waals surface area (Å²) in [6, 6.07) is 10.0.